The monoisotopic (exact) mass is 204 g/mol. The van der Waals surface area contributed by atoms with E-state index in [-0.39, 0.29) is 11.5 Å². The molecule has 0 radical (unpaired) electrons. The third-order valence-electron chi connectivity index (χ3n) is 1.44. The van der Waals surface area contributed by atoms with Crippen LogP contribution in [0.4, 0.5) is 0 Å². The van der Waals surface area contributed by atoms with Crippen LogP contribution in [0.2, 0.25) is 0 Å². The van der Waals surface area contributed by atoms with Crippen LogP contribution in [0, 0.1) is 0 Å². The second-order valence-corrected chi connectivity index (χ2v) is 3.49. The van der Waals surface area contributed by atoms with E-state index < -0.39 is 21.9 Å². The number of hydrogen-bond acceptors (Lipinski definition) is 6. The first kappa shape index (κ1) is 7.99. The van der Waals surface area contributed by atoms with Crippen molar-refractivity contribution in [3.63, 3.8) is 0 Å². The van der Waals surface area contributed by atoms with Crippen molar-refractivity contribution in [1.29, 1.82) is 0 Å². The van der Waals surface area contributed by atoms with Gasteiger partial charge in [-0.3, -0.25) is 0 Å². The van der Waals surface area contributed by atoms with E-state index in [9.17, 15) is 8.42 Å². The Balaban J connectivity index is 2.69. The minimum atomic E-state index is -4.17. The second-order valence-electron chi connectivity index (χ2n) is 2.34. The summed E-state index contributed by atoms with van der Waals surface area (Å²) in [5, 5.41) is 18.2. The fourth-order valence-corrected chi connectivity index (χ4v) is 1.69. The number of aromatic hydroxyl groups is 2. The number of phenols is 2. The first-order valence-electron chi connectivity index (χ1n) is 3.18. The largest absolute Gasteiger partial charge is 0.504 e. The summed E-state index contributed by atoms with van der Waals surface area (Å²) in [4.78, 5) is 0. The zero-order chi connectivity index (χ0) is 9.64. The predicted molar refractivity (Wildman–Crippen MR) is 39.9 cm³/mol. The highest BCUT2D eigenvalue weighted by atomic mass is 32.3. The van der Waals surface area contributed by atoms with E-state index in [1.807, 2.05) is 0 Å². The van der Waals surface area contributed by atoms with Crippen LogP contribution in [0.15, 0.2) is 12.1 Å². The Bertz CT molecular complexity index is 425. The predicted octanol–water partition coefficient (Wildman–Crippen LogP) is 0.114. The van der Waals surface area contributed by atoms with E-state index in [2.05, 4.69) is 8.37 Å². The van der Waals surface area contributed by atoms with Gasteiger partial charge in [0.25, 0.3) is 0 Å². The zero-order valence-electron chi connectivity index (χ0n) is 6.09. The SMILES string of the molecule is O=S1(=O)Oc2c(O)ccc(O)c2O1. The molecule has 0 spiro atoms. The summed E-state index contributed by atoms with van der Waals surface area (Å²) in [7, 11) is -4.17. The van der Waals surface area contributed by atoms with Crippen molar-refractivity contribution in [2.75, 3.05) is 0 Å². The number of phenolic OH excluding ortho intramolecular Hbond substituents is 2. The van der Waals surface area contributed by atoms with Crippen molar-refractivity contribution in [1.82, 2.24) is 0 Å². The molecule has 13 heavy (non-hydrogen) atoms. The lowest BCUT2D eigenvalue weighted by Gasteiger charge is -1.97. The van der Waals surface area contributed by atoms with Gasteiger partial charge in [-0.1, -0.05) is 0 Å². The molecule has 7 heteroatoms. The lowest BCUT2D eigenvalue weighted by atomic mass is 10.3. The molecule has 0 saturated heterocycles. The molecule has 0 amide bonds. The average Bonchev–Trinajstić information content (AvgIpc) is 2.35. The van der Waals surface area contributed by atoms with E-state index in [4.69, 9.17) is 10.2 Å². The molecule has 2 rings (SSSR count). The summed E-state index contributed by atoms with van der Waals surface area (Å²) < 4.78 is 29.9. The molecule has 0 saturated carbocycles. The maximum Gasteiger partial charge on any atom is 0.501 e. The van der Waals surface area contributed by atoms with E-state index in [0.717, 1.165) is 12.1 Å². The molecule has 0 fully saturated rings. The van der Waals surface area contributed by atoms with Crippen molar-refractivity contribution in [3.05, 3.63) is 12.1 Å². The van der Waals surface area contributed by atoms with Crippen LogP contribution < -0.4 is 8.37 Å². The fourth-order valence-electron chi connectivity index (χ4n) is 0.924. The molecule has 0 aliphatic carbocycles. The third kappa shape index (κ3) is 1.13. The summed E-state index contributed by atoms with van der Waals surface area (Å²) >= 11 is 0. The molecular formula is C6H4O6S. The van der Waals surface area contributed by atoms with Gasteiger partial charge in [0.1, 0.15) is 0 Å². The third-order valence-corrected chi connectivity index (χ3v) is 2.18. The summed E-state index contributed by atoms with van der Waals surface area (Å²) in [6, 6.07) is 2.19. The van der Waals surface area contributed by atoms with Crippen molar-refractivity contribution in [3.8, 4) is 23.0 Å². The number of benzene rings is 1. The average molecular weight is 204 g/mol. The van der Waals surface area contributed by atoms with Gasteiger partial charge in [-0.25, -0.2) is 0 Å². The van der Waals surface area contributed by atoms with Crippen LogP contribution in [-0.4, -0.2) is 18.6 Å². The van der Waals surface area contributed by atoms with Gasteiger partial charge in [-0.15, -0.1) is 8.42 Å². The Hall–Kier alpha value is -1.63. The van der Waals surface area contributed by atoms with Crippen LogP contribution in [0.5, 0.6) is 23.0 Å². The highest BCUT2D eigenvalue weighted by Crippen LogP contribution is 2.48. The summed E-state index contributed by atoms with van der Waals surface area (Å²) in [6.07, 6.45) is 0. The van der Waals surface area contributed by atoms with Crippen molar-refractivity contribution >= 4 is 10.4 Å². The zero-order valence-corrected chi connectivity index (χ0v) is 6.91. The second kappa shape index (κ2) is 2.19. The Labute approximate surface area is 73.3 Å². The topological polar surface area (TPSA) is 93.1 Å². The smallest absolute Gasteiger partial charge is 0.501 e. The van der Waals surface area contributed by atoms with Gasteiger partial charge >= 0.3 is 10.4 Å². The van der Waals surface area contributed by atoms with Gasteiger partial charge < -0.3 is 18.6 Å². The first-order valence-corrected chi connectivity index (χ1v) is 4.52. The molecular weight excluding hydrogens is 200 g/mol. The summed E-state index contributed by atoms with van der Waals surface area (Å²) in [5.41, 5.74) is 0. The lowest BCUT2D eigenvalue weighted by molar-refractivity contribution is 0.415. The molecule has 1 heterocycles. The maximum atomic E-state index is 10.7. The highest BCUT2D eigenvalue weighted by molar-refractivity contribution is 7.82. The standard InChI is InChI=1S/C6H4O6S/c7-3-1-2-4(8)6-5(3)11-13(9,10)12-6/h1-2,7-8H. The van der Waals surface area contributed by atoms with Gasteiger partial charge in [0, 0.05) is 0 Å². The molecule has 0 unspecified atom stereocenters. The lowest BCUT2D eigenvalue weighted by Crippen LogP contribution is -2.08. The molecule has 2 N–H and O–H groups in total. The van der Waals surface area contributed by atoms with Crippen LogP contribution >= 0.6 is 0 Å². The summed E-state index contributed by atoms with van der Waals surface area (Å²) in [5.74, 6) is -1.59. The van der Waals surface area contributed by atoms with Crippen LogP contribution in [0.3, 0.4) is 0 Å². The highest BCUT2D eigenvalue weighted by Gasteiger charge is 2.33. The van der Waals surface area contributed by atoms with E-state index in [0.29, 0.717) is 0 Å². The van der Waals surface area contributed by atoms with Crippen LogP contribution in [0.1, 0.15) is 0 Å². The number of rotatable bonds is 0. The molecule has 1 aromatic carbocycles. The van der Waals surface area contributed by atoms with Gasteiger partial charge in [-0.2, -0.15) is 0 Å². The van der Waals surface area contributed by atoms with Crippen LogP contribution in [0.25, 0.3) is 0 Å². The molecule has 0 atom stereocenters. The molecule has 0 bridgehead atoms. The summed E-state index contributed by atoms with van der Waals surface area (Å²) in [6.45, 7) is 0. The Morgan fingerprint density at radius 2 is 1.38 bits per heavy atom. The Morgan fingerprint density at radius 3 is 1.77 bits per heavy atom. The fraction of sp³-hybridized carbons (Fsp3) is 0. The van der Waals surface area contributed by atoms with Crippen molar-refractivity contribution < 1.29 is 27.0 Å². The molecule has 0 aromatic heterocycles. The minimum Gasteiger partial charge on any atom is -0.504 e. The van der Waals surface area contributed by atoms with Crippen molar-refractivity contribution in [2.24, 2.45) is 0 Å². The maximum absolute atomic E-state index is 10.7. The molecule has 6 nitrogen and oxygen atoms in total. The molecule has 1 aliphatic rings. The number of fused-ring (bicyclic) bond motifs is 1. The van der Waals surface area contributed by atoms with Crippen LogP contribution in [-0.2, 0) is 10.4 Å². The van der Waals surface area contributed by atoms with Crippen molar-refractivity contribution in [2.45, 2.75) is 0 Å². The Morgan fingerprint density at radius 1 is 1.00 bits per heavy atom. The van der Waals surface area contributed by atoms with Gasteiger partial charge in [0.2, 0.25) is 11.5 Å². The Kier molecular flexibility index (Phi) is 1.35. The first-order chi connectivity index (χ1) is 5.99. The molecule has 70 valence electrons. The normalized spacial score (nSPS) is 17.2. The van der Waals surface area contributed by atoms with Gasteiger partial charge in [-0.05, 0) is 12.1 Å². The van der Waals surface area contributed by atoms with E-state index in [1.165, 1.54) is 0 Å². The van der Waals surface area contributed by atoms with E-state index >= 15 is 0 Å². The van der Waals surface area contributed by atoms with Gasteiger partial charge in [0.15, 0.2) is 11.5 Å². The van der Waals surface area contributed by atoms with E-state index in [1.54, 1.807) is 0 Å². The van der Waals surface area contributed by atoms with Gasteiger partial charge in [0.05, 0.1) is 0 Å². The minimum absolute atomic E-state index is 0.389. The molecule has 1 aromatic rings. The quantitative estimate of drug-likeness (QED) is 0.583. The molecule has 1 aliphatic heterocycles. The number of hydrogen-bond donors (Lipinski definition) is 2.